The number of benzene rings is 1. The molecule has 0 saturated heterocycles. The van der Waals surface area contributed by atoms with E-state index in [1.54, 1.807) is 12.1 Å². The zero-order valence-electron chi connectivity index (χ0n) is 6.83. The third-order valence-corrected chi connectivity index (χ3v) is 2.79. The average molecular weight is 214 g/mol. The number of halogens is 1. The van der Waals surface area contributed by atoms with E-state index in [1.807, 2.05) is 12.1 Å². The maximum absolute atomic E-state index is 8.79. The van der Waals surface area contributed by atoms with Crippen molar-refractivity contribution in [2.24, 2.45) is 0 Å². The quantitative estimate of drug-likeness (QED) is 0.784. The molecule has 0 aliphatic rings. The normalized spacial score (nSPS) is 9.62. The van der Waals surface area contributed by atoms with Gasteiger partial charge in [-0.05, 0) is 12.1 Å². The molecule has 13 heavy (non-hydrogen) atoms. The summed E-state index contributed by atoms with van der Waals surface area (Å²) in [7, 11) is 0. The molecule has 1 aromatic carbocycles. The van der Waals surface area contributed by atoms with Gasteiger partial charge in [0.15, 0.2) is 0 Å². The minimum absolute atomic E-state index is 0.0993. The highest BCUT2D eigenvalue weighted by atomic mass is 35.5. The summed E-state index contributed by atoms with van der Waals surface area (Å²) >= 11 is 7.24. The second-order valence-corrected chi connectivity index (χ2v) is 3.84. The van der Waals surface area contributed by atoms with Crippen molar-refractivity contribution in [2.45, 2.75) is 4.90 Å². The topological polar surface area (TPSA) is 44.0 Å². The molecule has 0 saturated carbocycles. The molecule has 0 aliphatic carbocycles. The number of hydrogen-bond donors (Lipinski definition) is 1. The van der Waals surface area contributed by atoms with Crippen molar-refractivity contribution < 1.29 is 5.11 Å². The van der Waals surface area contributed by atoms with Crippen LogP contribution in [0.2, 0.25) is 5.02 Å². The molecule has 0 amide bonds. The first-order valence-electron chi connectivity index (χ1n) is 3.72. The fourth-order valence-corrected chi connectivity index (χ4v) is 1.95. The molecule has 0 heterocycles. The molecule has 2 nitrogen and oxygen atoms in total. The first-order chi connectivity index (χ1) is 6.29. The van der Waals surface area contributed by atoms with Crippen LogP contribution in [0.5, 0.6) is 0 Å². The van der Waals surface area contributed by atoms with Crippen molar-refractivity contribution in [2.75, 3.05) is 12.4 Å². The van der Waals surface area contributed by atoms with E-state index in [2.05, 4.69) is 0 Å². The molecule has 68 valence electrons. The van der Waals surface area contributed by atoms with Crippen LogP contribution in [0.15, 0.2) is 23.1 Å². The van der Waals surface area contributed by atoms with Crippen LogP contribution < -0.4 is 0 Å². The van der Waals surface area contributed by atoms with Crippen LogP contribution in [-0.4, -0.2) is 17.5 Å². The highest BCUT2D eigenvalue weighted by Gasteiger charge is 2.05. The number of rotatable bonds is 3. The van der Waals surface area contributed by atoms with Crippen molar-refractivity contribution in [1.29, 1.82) is 5.26 Å². The summed E-state index contributed by atoms with van der Waals surface area (Å²) in [4.78, 5) is 0.823. The van der Waals surface area contributed by atoms with Crippen molar-refractivity contribution in [1.82, 2.24) is 0 Å². The Kier molecular flexibility index (Phi) is 4.10. The number of nitrogens with zero attached hydrogens (tertiary/aromatic N) is 1. The van der Waals surface area contributed by atoms with E-state index >= 15 is 0 Å². The number of aliphatic hydroxyl groups excluding tert-OH is 1. The molecule has 0 bridgehead atoms. The van der Waals surface area contributed by atoms with Crippen LogP contribution >= 0.6 is 23.4 Å². The number of hydrogen-bond acceptors (Lipinski definition) is 3. The third kappa shape index (κ3) is 2.63. The molecular weight excluding hydrogens is 206 g/mol. The second kappa shape index (κ2) is 5.13. The molecule has 1 rings (SSSR count). The Morgan fingerprint density at radius 2 is 2.31 bits per heavy atom. The standard InChI is InChI=1S/C9H8ClNOS/c10-8-2-1-3-9(7(8)6-11)13-5-4-12/h1-3,12H,4-5H2. The van der Waals surface area contributed by atoms with Gasteiger partial charge in [0.05, 0.1) is 17.2 Å². The molecule has 0 fully saturated rings. The van der Waals surface area contributed by atoms with E-state index in [0.717, 1.165) is 4.90 Å². The highest BCUT2D eigenvalue weighted by molar-refractivity contribution is 7.99. The van der Waals surface area contributed by atoms with Gasteiger partial charge in [-0.3, -0.25) is 0 Å². The summed E-state index contributed by atoms with van der Waals surface area (Å²) in [5.74, 6) is 0.578. The van der Waals surface area contributed by atoms with Crippen LogP contribution in [0.25, 0.3) is 0 Å². The van der Waals surface area contributed by atoms with Crippen molar-refractivity contribution >= 4 is 23.4 Å². The summed E-state index contributed by atoms with van der Waals surface area (Å²) in [5, 5.41) is 17.9. The molecule has 1 aromatic rings. The monoisotopic (exact) mass is 213 g/mol. The van der Waals surface area contributed by atoms with Crippen molar-refractivity contribution in [3.8, 4) is 6.07 Å². The Hall–Kier alpha value is -0.690. The van der Waals surface area contributed by atoms with Crippen LogP contribution in [0.1, 0.15) is 5.56 Å². The summed E-state index contributed by atoms with van der Waals surface area (Å²) in [6, 6.07) is 7.34. The Bertz CT molecular complexity index is 335. The lowest BCUT2D eigenvalue weighted by Gasteiger charge is -2.02. The van der Waals surface area contributed by atoms with Gasteiger partial charge in [0, 0.05) is 10.6 Å². The van der Waals surface area contributed by atoms with Gasteiger partial charge in [0.1, 0.15) is 6.07 Å². The molecule has 0 unspecified atom stereocenters. The largest absolute Gasteiger partial charge is 0.396 e. The molecule has 0 spiro atoms. The van der Waals surface area contributed by atoms with Crippen LogP contribution in [0.3, 0.4) is 0 Å². The van der Waals surface area contributed by atoms with Crippen LogP contribution in [0, 0.1) is 11.3 Å². The fraction of sp³-hybridized carbons (Fsp3) is 0.222. The number of nitriles is 1. The maximum atomic E-state index is 8.79. The van der Waals surface area contributed by atoms with Crippen molar-refractivity contribution in [3.05, 3.63) is 28.8 Å². The first-order valence-corrected chi connectivity index (χ1v) is 5.08. The lowest BCUT2D eigenvalue weighted by atomic mass is 10.2. The highest BCUT2D eigenvalue weighted by Crippen LogP contribution is 2.27. The van der Waals surface area contributed by atoms with Gasteiger partial charge in [-0.15, -0.1) is 11.8 Å². The molecule has 0 aliphatic heterocycles. The van der Waals surface area contributed by atoms with Gasteiger partial charge >= 0.3 is 0 Å². The van der Waals surface area contributed by atoms with E-state index in [0.29, 0.717) is 16.3 Å². The van der Waals surface area contributed by atoms with Crippen molar-refractivity contribution in [3.63, 3.8) is 0 Å². The van der Waals surface area contributed by atoms with E-state index in [1.165, 1.54) is 11.8 Å². The maximum Gasteiger partial charge on any atom is 0.102 e. The zero-order chi connectivity index (χ0) is 9.68. The molecule has 0 aromatic heterocycles. The van der Waals surface area contributed by atoms with Gasteiger partial charge in [0.2, 0.25) is 0 Å². The number of thioether (sulfide) groups is 1. The van der Waals surface area contributed by atoms with Gasteiger partial charge < -0.3 is 5.11 Å². The smallest absolute Gasteiger partial charge is 0.102 e. The molecule has 4 heteroatoms. The Morgan fingerprint density at radius 1 is 1.54 bits per heavy atom. The van der Waals surface area contributed by atoms with Gasteiger partial charge in [-0.2, -0.15) is 5.26 Å². The lowest BCUT2D eigenvalue weighted by Crippen LogP contribution is -1.88. The summed E-state index contributed by atoms with van der Waals surface area (Å²) in [5.41, 5.74) is 0.489. The SMILES string of the molecule is N#Cc1c(Cl)cccc1SCCO. The van der Waals surface area contributed by atoms with Gasteiger partial charge in [-0.1, -0.05) is 17.7 Å². The zero-order valence-corrected chi connectivity index (χ0v) is 8.40. The summed E-state index contributed by atoms with van der Waals surface area (Å²) in [6.45, 7) is 0.0993. The predicted octanol–water partition coefficient (Wildman–Crippen LogP) is 2.30. The number of aliphatic hydroxyl groups is 1. The fourth-order valence-electron chi connectivity index (χ4n) is 0.889. The molecular formula is C9H8ClNOS. The lowest BCUT2D eigenvalue weighted by molar-refractivity contribution is 0.322. The van der Waals surface area contributed by atoms with Crippen LogP contribution in [-0.2, 0) is 0 Å². The van der Waals surface area contributed by atoms with Gasteiger partial charge in [-0.25, -0.2) is 0 Å². The summed E-state index contributed by atoms with van der Waals surface area (Å²) < 4.78 is 0. The van der Waals surface area contributed by atoms with E-state index in [-0.39, 0.29) is 6.61 Å². The Labute approximate surface area is 86.1 Å². The molecule has 1 N–H and O–H groups in total. The molecule has 0 atom stereocenters. The average Bonchev–Trinajstić information content (AvgIpc) is 2.15. The minimum Gasteiger partial charge on any atom is -0.396 e. The van der Waals surface area contributed by atoms with E-state index in [4.69, 9.17) is 22.0 Å². The predicted molar refractivity (Wildman–Crippen MR) is 54.0 cm³/mol. The third-order valence-electron chi connectivity index (χ3n) is 1.44. The van der Waals surface area contributed by atoms with Gasteiger partial charge in [0.25, 0.3) is 0 Å². The van der Waals surface area contributed by atoms with E-state index in [9.17, 15) is 0 Å². The summed E-state index contributed by atoms with van der Waals surface area (Å²) in [6.07, 6.45) is 0. The Morgan fingerprint density at radius 3 is 2.92 bits per heavy atom. The first kappa shape index (κ1) is 10.4. The van der Waals surface area contributed by atoms with E-state index < -0.39 is 0 Å². The van der Waals surface area contributed by atoms with Crippen LogP contribution in [0.4, 0.5) is 0 Å². The minimum atomic E-state index is 0.0993. The molecule has 0 radical (unpaired) electrons. The second-order valence-electron chi connectivity index (χ2n) is 2.30. The Balaban J connectivity index is 2.93.